The Morgan fingerprint density at radius 1 is 1.29 bits per heavy atom. The average Bonchev–Trinajstić information content (AvgIpc) is 2.94. The molecular weight excluding hydrogens is 286 g/mol. The number of aryl methyl sites for hydroxylation is 1. The molecule has 112 valence electrons. The van der Waals surface area contributed by atoms with Crippen LogP contribution in [0.15, 0.2) is 29.6 Å². The van der Waals surface area contributed by atoms with Gasteiger partial charge in [-0.25, -0.2) is 4.98 Å². The zero-order chi connectivity index (χ0) is 15.2. The van der Waals surface area contributed by atoms with Gasteiger partial charge in [-0.1, -0.05) is 0 Å². The minimum Gasteiger partial charge on any atom is -0.491 e. The highest BCUT2D eigenvalue weighted by atomic mass is 32.1. The van der Waals surface area contributed by atoms with Crippen LogP contribution in [0.4, 0.5) is 0 Å². The minimum atomic E-state index is -0.209. The number of ether oxygens (including phenoxy) is 2. The van der Waals surface area contributed by atoms with Crippen LogP contribution in [0.3, 0.4) is 0 Å². The SMILES string of the molecule is COC(=O)CCc1csc(-c2ccc(OC(C)C)cc2)n1. The van der Waals surface area contributed by atoms with Crippen molar-refractivity contribution in [2.75, 3.05) is 7.11 Å². The second-order valence-corrected chi connectivity index (χ2v) is 5.77. The van der Waals surface area contributed by atoms with Crippen molar-refractivity contribution in [1.29, 1.82) is 0 Å². The van der Waals surface area contributed by atoms with Crippen LogP contribution >= 0.6 is 11.3 Å². The number of benzene rings is 1. The molecule has 0 aliphatic carbocycles. The first-order valence-electron chi connectivity index (χ1n) is 6.87. The monoisotopic (exact) mass is 305 g/mol. The van der Waals surface area contributed by atoms with E-state index in [1.165, 1.54) is 7.11 Å². The summed E-state index contributed by atoms with van der Waals surface area (Å²) < 4.78 is 10.3. The number of carbonyl (C=O) groups is 1. The lowest BCUT2D eigenvalue weighted by atomic mass is 10.2. The Hall–Kier alpha value is -1.88. The Labute approximate surface area is 128 Å². The number of carbonyl (C=O) groups excluding carboxylic acids is 1. The fraction of sp³-hybridized carbons (Fsp3) is 0.375. The van der Waals surface area contributed by atoms with E-state index in [2.05, 4.69) is 9.72 Å². The van der Waals surface area contributed by atoms with Crippen molar-refractivity contribution in [1.82, 2.24) is 4.98 Å². The highest BCUT2D eigenvalue weighted by Crippen LogP contribution is 2.26. The van der Waals surface area contributed by atoms with Gasteiger partial charge < -0.3 is 9.47 Å². The molecule has 0 radical (unpaired) electrons. The van der Waals surface area contributed by atoms with Gasteiger partial charge in [0.2, 0.25) is 0 Å². The topological polar surface area (TPSA) is 48.4 Å². The Balaban J connectivity index is 2.02. The maximum atomic E-state index is 11.1. The first-order valence-corrected chi connectivity index (χ1v) is 7.74. The molecule has 0 atom stereocenters. The lowest BCUT2D eigenvalue weighted by molar-refractivity contribution is -0.140. The summed E-state index contributed by atoms with van der Waals surface area (Å²) in [6.07, 6.45) is 1.14. The molecule has 0 fully saturated rings. The van der Waals surface area contributed by atoms with E-state index in [4.69, 9.17) is 4.74 Å². The van der Waals surface area contributed by atoms with E-state index in [0.717, 1.165) is 22.0 Å². The van der Waals surface area contributed by atoms with Crippen LogP contribution in [0, 0.1) is 0 Å². The van der Waals surface area contributed by atoms with E-state index < -0.39 is 0 Å². The van der Waals surface area contributed by atoms with Gasteiger partial charge in [0.15, 0.2) is 0 Å². The third kappa shape index (κ3) is 4.56. The smallest absolute Gasteiger partial charge is 0.305 e. The lowest BCUT2D eigenvalue weighted by Gasteiger charge is -2.09. The molecule has 1 heterocycles. The molecule has 0 aliphatic heterocycles. The fourth-order valence-electron chi connectivity index (χ4n) is 1.83. The molecule has 1 aromatic carbocycles. The summed E-state index contributed by atoms with van der Waals surface area (Å²) in [7, 11) is 1.40. The van der Waals surface area contributed by atoms with Crippen LogP contribution < -0.4 is 4.74 Å². The van der Waals surface area contributed by atoms with E-state index in [9.17, 15) is 4.79 Å². The summed E-state index contributed by atoms with van der Waals surface area (Å²) in [5, 5.41) is 2.93. The Bertz CT molecular complexity index is 590. The predicted molar refractivity (Wildman–Crippen MR) is 83.7 cm³/mol. The van der Waals surface area contributed by atoms with E-state index in [1.807, 2.05) is 43.5 Å². The Morgan fingerprint density at radius 3 is 2.62 bits per heavy atom. The molecule has 2 aromatic rings. The highest BCUT2D eigenvalue weighted by Gasteiger charge is 2.08. The molecule has 0 saturated carbocycles. The maximum absolute atomic E-state index is 11.1. The van der Waals surface area contributed by atoms with Crippen molar-refractivity contribution in [2.45, 2.75) is 32.8 Å². The van der Waals surface area contributed by atoms with Crippen molar-refractivity contribution < 1.29 is 14.3 Å². The van der Waals surface area contributed by atoms with Crippen LogP contribution in [0.1, 0.15) is 26.0 Å². The summed E-state index contributed by atoms with van der Waals surface area (Å²) in [5.74, 6) is 0.649. The number of rotatable bonds is 6. The molecule has 0 aliphatic rings. The molecule has 21 heavy (non-hydrogen) atoms. The number of hydrogen-bond acceptors (Lipinski definition) is 5. The summed E-state index contributed by atoms with van der Waals surface area (Å²) in [5.41, 5.74) is 1.98. The molecule has 1 aromatic heterocycles. The number of nitrogens with zero attached hydrogens (tertiary/aromatic N) is 1. The quantitative estimate of drug-likeness (QED) is 0.763. The number of aromatic nitrogens is 1. The number of hydrogen-bond donors (Lipinski definition) is 0. The van der Waals surface area contributed by atoms with Gasteiger partial charge in [0.05, 0.1) is 25.3 Å². The van der Waals surface area contributed by atoms with Gasteiger partial charge in [0.1, 0.15) is 10.8 Å². The first-order chi connectivity index (χ1) is 10.1. The molecule has 0 spiro atoms. The standard InChI is InChI=1S/C16H19NO3S/c1-11(2)20-14-7-4-12(5-8-14)16-17-13(10-21-16)6-9-15(18)19-3/h4-5,7-8,10-11H,6,9H2,1-3H3. The van der Waals surface area contributed by atoms with Gasteiger partial charge >= 0.3 is 5.97 Å². The molecule has 0 amide bonds. The van der Waals surface area contributed by atoms with Crippen molar-refractivity contribution in [3.8, 4) is 16.3 Å². The summed E-state index contributed by atoms with van der Waals surface area (Å²) in [6, 6.07) is 7.90. The number of esters is 1. The van der Waals surface area contributed by atoms with Crippen LogP contribution in [0.25, 0.3) is 10.6 Å². The van der Waals surface area contributed by atoms with Crippen LogP contribution in [0.5, 0.6) is 5.75 Å². The average molecular weight is 305 g/mol. The Morgan fingerprint density at radius 2 is 2.00 bits per heavy atom. The zero-order valence-corrected chi connectivity index (χ0v) is 13.3. The van der Waals surface area contributed by atoms with Crippen molar-refractivity contribution in [3.05, 3.63) is 35.3 Å². The van der Waals surface area contributed by atoms with E-state index in [0.29, 0.717) is 12.8 Å². The van der Waals surface area contributed by atoms with Gasteiger partial charge in [0, 0.05) is 17.4 Å². The van der Waals surface area contributed by atoms with Crippen molar-refractivity contribution in [2.24, 2.45) is 0 Å². The maximum Gasteiger partial charge on any atom is 0.305 e. The van der Waals surface area contributed by atoms with Crippen molar-refractivity contribution >= 4 is 17.3 Å². The highest BCUT2D eigenvalue weighted by molar-refractivity contribution is 7.13. The first kappa shape index (κ1) is 15.5. The van der Waals surface area contributed by atoms with Crippen molar-refractivity contribution in [3.63, 3.8) is 0 Å². The normalized spacial score (nSPS) is 10.7. The zero-order valence-electron chi connectivity index (χ0n) is 12.5. The van der Waals surface area contributed by atoms with Gasteiger partial charge in [-0.3, -0.25) is 4.79 Å². The predicted octanol–water partition coefficient (Wildman–Crippen LogP) is 3.70. The van der Waals surface area contributed by atoms with Crippen LogP contribution in [-0.2, 0) is 16.0 Å². The number of thiazole rings is 1. The fourth-order valence-corrected chi connectivity index (χ4v) is 2.70. The minimum absolute atomic E-state index is 0.167. The van der Waals surface area contributed by atoms with E-state index >= 15 is 0 Å². The largest absolute Gasteiger partial charge is 0.491 e. The molecule has 0 unspecified atom stereocenters. The molecule has 0 bridgehead atoms. The summed E-state index contributed by atoms with van der Waals surface area (Å²) in [6.45, 7) is 4.00. The second kappa shape index (κ2) is 7.22. The third-order valence-electron chi connectivity index (χ3n) is 2.84. The molecule has 2 rings (SSSR count). The lowest BCUT2D eigenvalue weighted by Crippen LogP contribution is -2.05. The van der Waals surface area contributed by atoms with Gasteiger partial charge in [-0.2, -0.15) is 0 Å². The van der Waals surface area contributed by atoms with Crippen LogP contribution in [-0.4, -0.2) is 24.2 Å². The Kier molecular flexibility index (Phi) is 5.33. The second-order valence-electron chi connectivity index (χ2n) is 4.91. The van der Waals surface area contributed by atoms with E-state index in [-0.39, 0.29) is 12.1 Å². The van der Waals surface area contributed by atoms with Gasteiger partial charge in [0.25, 0.3) is 0 Å². The number of methoxy groups -OCH3 is 1. The van der Waals surface area contributed by atoms with Crippen LogP contribution in [0.2, 0.25) is 0 Å². The molecular formula is C16H19NO3S. The molecule has 5 heteroatoms. The molecule has 0 saturated heterocycles. The summed E-state index contributed by atoms with van der Waals surface area (Å²) in [4.78, 5) is 15.7. The van der Waals surface area contributed by atoms with E-state index in [1.54, 1.807) is 11.3 Å². The molecule has 0 N–H and O–H groups in total. The van der Waals surface area contributed by atoms with Gasteiger partial charge in [-0.05, 0) is 38.1 Å². The summed E-state index contributed by atoms with van der Waals surface area (Å²) >= 11 is 1.58. The third-order valence-corrected chi connectivity index (χ3v) is 3.78. The van der Waals surface area contributed by atoms with Gasteiger partial charge in [-0.15, -0.1) is 11.3 Å². The molecule has 4 nitrogen and oxygen atoms in total.